The molecule has 0 amide bonds. The predicted molar refractivity (Wildman–Crippen MR) is 86.8 cm³/mol. The van der Waals surface area contributed by atoms with Crippen LogP contribution in [0, 0.1) is 6.92 Å². The summed E-state index contributed by atoms with van der Waals surface area (Å²) in [5, 5.41) is 3.67. The Kier molecular flexibility index (Phi) is 4.50. The van der Waals surface area contributed by atoms with Crippen LogP contribution in [0.1, 0.15) is 31.4 Å². The van der Waals surface area contributed by atoms with E-state index < -0.39 is 0 Å². The summed E-state index contributed by atoms with van der Waals surface area (Å²) in [5.74, 6) is 1.07. The second-order valence-electron chi connectivity index (χ2n) is 6.88. The van der Waals surface area contributed by atoms with Crippen LogP contribution in [0.3, 0.4) is 0 Å². The van der Waals surface area contributed by atoms with Crippen molar-refractivity contribution >= 4 is 5.95 Å². The van der Waals surface area contributed by atoms with E-state index >= 15 is 0 Å². The van der Waals surface area contributed by atoms with Gasteiger partial charge in [0.2, 0.25) is 5.95 Å². The zero-order valence-electron chi connectivity index (χ0n) is 13.7. The highest BCUT2D eigenvalue weighted by molar-refractivity contribution is 5.30. The normalized spacial score (nSPS) is 25.6. The molecule has 0 radical (unpaired) electrons. The number of hydrogen-bond donors (Lipinski definition) is 1. The van der Waals surface area contributed by atoms with Gasteiger partial charge in [-0.25, -0.2) is 4.98 Å². The topological polar surface area (TPSA) is 36.3 Å². The highest BCUT2D eigenvalue weighted by Gasteiger charge is 2.24. The molecule has 1 saturated heterocycles. The summed E-state index contributed by atoms with van der Waals surface area (Å²) in [6, 6.07) is 1.19. The van der Waals surface area contributed by atoms with Crippen LogP contribution in [0.15, 0.2) is 6.20 Å². The second-order valence-corrected chi connectivity index (χ2v) is 6.88. The lowest BCUT2D eigenvalue weighted by atomic mass is 10.2. The Morgan fingerprint density at radius 1 is 1.24 bits per heavy atom. The third-order valence-electron chi connectivity index (χ3n) is 4.97. The third-order valence-corrected chi connectivity index (χ3v) is 4.97. The van der Waals surface area contributed by atoms with Gasteiger partial charge in [-0.2, -0.15) is 0 Å². The van der Waals surface area contributed by atoms with Gasteiger partial charge < -0.3 is 14.8 Å². The number of nitrogens with one attached hydrogen (secondary N) is 1. The van der Waals surface area contributed by atoms with E-state index in [2.05, 4.69) is 46.9 Å². The van der Waals surface area contributed by atoms with Crippen molar-refractivity contribution in [3.05, 3.63) is 11.9 Å². The number of piperazine rings is 1. The summed E-state index contributed by atoms with van der Waals surface area (Å²) in [5.41, 5.74) is 1.11. The number of nitrogens with zero attached hydrogens (tertiary/aromatic N) is 4. The van der Waals surface area contributed by atoms with Crippen LogP contribution < -0.4 is 5.32 Å². The maximum atomic E-state index is 4.70. The average molecular weight is 291 g/mol. The first-order chi connectivity index (χ1) is 10.1. The molecule has 2 aliphatic rings. The number of aryl methyl sites for hydroxylation is 1. The molecule has 1 aromatic rings. The number of rotatable bonds is 4. The summed E-state index contributed by atoms with van der Waals surface area (Å²) in [6.07, 6.45) is 7.48. The van der Waals surface area contributed by atoms with Crippen molar-refractivity contribution in [1.82, 2.24) is 19.4 Å². The second kappa shape index (κ2) is 6.36. The van der Waals surface area contributed by atoms with Gasteiger partial charge in [-0.1, -0.05) is 12.8 Å². The zero-order chi connectivity index (χ0) is 14.8. The Morgan fingerprint density at radius 3 is 2.76 bits per heavy atom. The van der Waals surface area contributed by atoms with Gasteiger partial charge in [0.1, 0.15) is 0 Å². The van der Waals surface area contributed by atoms with Gasteiger partial charge in [0.15, 0.2) is 0 Å². The van der Waals surface area contributed by atoms with Crippen LogP contribution in [0.25, 0.3) is 0 Å². The van der Waals surface area contributed by atoms with E-state index in [1.807, 2.05) is 0 Å². The van der Waals surface area contributed by atoms with Crippen molar-refractivity contribution in [3.63, 3.8) is 0 Å². The monoisotopic (exact) mass is 291 g/mol. The Morgan fingerprint density at radius 2 is 2.00 bits per heavy atom. The van der Waals surface area contributed by atoms with Crippen LogP contribution in [-0.4, -0.2) is 65.2 Å². The fourth-order valence-electron chi connectivity index (χ4n) is 3.58. The molecule has 1 atom stereocenters. The fraction of sp³-hybridized carbons (Fsp3) is 0.812. The lowest BCUT2D eigenvalue weighted by Crippen LogP contribution is -2.51. The fourth-order valence-corrected chi connectivity index (χ4v) is 3.58. The summed E-state index contributed by atoms with van der Waals surface area (Å²) in [6.45, 7) is 6.57. The van der Waals surface area contributed by atoms with Gasteiger partial charge in [0.05, 0.1) is 5.69 Å². The Labute approximate surface area is 128 Å². The molecule has 5 nitrogen and oxygen atoms in total. The molecule has 118 valence electrons. The minimum atomic E-state index is 0.571. The predicted octanol–water partition coefficient (Wildman–Crippen LogP) is 1.79. The van der Waals surface area contributed by atoms with E-state index in [0.717, 1.165) is 31.3 Å². The number of anilines is 1. The summed E-state index contributed by atoms with van der Waals surface area (Å²) >= 11 is 0. The maximum absolute atomic E-state index is 4.70. The van der Waals surface area contributed by atoms with Crippen molar-refractivity contribution in [2.45, 2.75) is 51.2 Å². The molecular weight excluding hydrogens is 262 g/mol. The van der Waals surface area contributed by atoms with Gasteiger partial charge in [-0.05, 0) is 33.9 Å². The first-order valence-corrected chi connectivity index (χ1v) is 8.31. The van der Waals surface area contributed by atoms with Crippen LogP contribution in [-0.2, 0) is 6.54 Å². The standard InChI is InChI=1S/C16H29N5/c1-13-10-21(12-15-11-19(2)8-9-20(15)3)16(17-13)18-14-6-4-5-7-14/h10,14-15H,4-9,11-12H2,1-3H3,(H,17,18). The largest absolute Gasteiger partial charge is 0.353 e. The van der Waals surface area contributed by atoms with Crippen LogP contribution in [0.5, 0.6) is 0 Å². The van der Waals surface area contributed by atoms with E-state index in [-0.39, 0.29) is 0 Å². The first kappa shape index (κ1) is 14.9. The van der Waals surface area contributed by atoms with Crippen molar-refractivity contribution in [2.24, 2.45) is 0 Å². The molecule has 1 aliphatic carbocycles. The Hall–Kier alpha value is -1.07. The molecule has 2 heterocycles. The van der Waals surface area contributed by atoms with Crippen molar-refractivity contribution in [1.29, 1.82) is 0 Å². The van der Waals surface area contributed by atoms with Gasteiger partial charge in [-0.15, -0.1) is 0 Å². The minimum absolute atomic E-state index is 0.571. The van der Waals surface area contributed by atoms with Crippen molar-refractivity contribution in [3.8, 4) is 0 Å². The quantitative estimate of drug-likeness (QED) is 0.917. The average Bonchev–Trinajstić information content (AvgIpc) is 3.05. The van der Waals surface area contributed by atoms with Crippen LogP contribution in [0.2, 0.25) is 0 Å². The molecular formula is C16H29N5. The highest BCUT2D eigenvalue weighted by Crippen LogP contribution is 2.22. The van der Waals surface area contributed by atoms with E-state index in [1.165, 1.54) is 32.2 Å². The Bertz CT molecular complexity index is 463. The molecule has 1 saturated carbocycles. The lowest BCUT2D eigenvalue weighted by Gasteiger charge is -2.38. The van der Waals surface area contributed by atoms with Gasteiger partial charge >= 0.3 is 0 Å². The van der Waals surface area contributed by atoms with Gasteiger partial charge in [0.25, 0.3) is 0 Å². The number of imidazole rings is 1. The molecule has 5 heteroatoms. The summed E-state index contributed by atoms with van der Waals surface area (Å²) < 4.78 is 2.33. The van der Waals surface area contributed by atoms with Crippen molar-refractivity contribution in [2.75, 3.05) is 39.0 Å². The minimum Gasteiger partial charge on any atom is -0.353 e. The zero-order valence-corrected chi connectivity index (χ0v) is 13.7. The number of aromatic nitrogens is 2. The van der Waals surface area contributed by atoms with Crippen LogP contribution >= 0.6 is 0 Å². The molecule has 0 spiro atoms. The van der Waals surface area contributed by atoms with E-state index in [9.17, 15) is 0 Å². The molecule has 1 unspecified atom stereocenters. The van der Waals surface area contributed by atoms with Crippen LogP contribution in [0.4, 0.5) is 5.95 Å². The van der Waals surface area contributed by atoms with E-state index in [4.69, 9.17) is 4.98 Å². The molecule has 3 rings (SSSR count). The molecule has 1 aliphatic heterocycles. The maximum Gasteiger partial charge on any atom is 0.203 e. The molecule has 0 bridgehead atoms. The number of hydrogen-bond acceptors (Lipinski definition) is 4. The SMILES string of the molecule is Cc1cn(CC2CN(C)CCN2C)c(NC2CCCC2)n1. The van der Waals surface area contributed by atoms with Gasteiger partial charge in [0, 0.05) is 44.5 Å². The first-order valence-electron chi connectivity index (χ1n) is 8.31. The third kappa shape index (κ3) is 3.58. The molecule has 1 N–H and O–H groups in total. The molecule has 21 heavy (non-hydrogen) atoms. The highest BCUT2D eigenvalue weighted by atomic mass is 15.3. The summed E-state index contributed by atoms with van der Waals surface area (Å²) in [7, 11) is 4.46. The molecule has 1 aromatic heterocycles. The van der Waals surface area contributed by atoms with E-state index in [0.29, 0.717) is 12.1 Å². The van der Waals surface area contributed by atoms with E-state index in [1.54, 1.807) is 0 Å². The molecule has 0 aromatic carbocycles. The molecule has 2 fully saturated rings. The number of likely N-dealkylation sites (N-methyl/N-ethyl adjacent to an activating group) is 2. The smallest absolute Gasteiger partial charge is 0.203 e. The van der Waals surface area contributed by atoms with Crippen molar-refractivity contribution < 1.29 is 0 Å². The van der Waals surface area contributed by atoms with Gasteiger partial charge in [-0.3, -0.25) is 4.90 Å². The summed E-state index contributed by atoms with van der Waals surface area (Å²) in [4.78, 5) is 9.61. The lowest BCUT2D eigenvalue weighted by molar-refractivity contribution is 0.103. The Balaban J connectivity index is 1.69.